The third kappa shape index (κ3) is 6.82. The Kier molecular flexibility index (Phi) is 8.71. The van der Waals surface area contributed by atoms with Crippen LogP contribution in [0.3, 0.4) is 0 Å². The van der Waals surface area contributed by atoms with E-state index in [0.717, 1.165) is 23.3 Å². The first-order valence-corrected chi connectivity index (χ1v) is 13.6. The molecule has 0 spiro atoms. The van der Waals surface area contributed by atoms with Gasteiger partial charge in [0.05, 0.1) is 31.0 Å². The van der Waals surface area contributed by atoms with Crippen LogP contribution in [0.1, 0.15) is 29.5 Å². The number of halogens is 4. The van der Waals surface area contributed by atoms with E-state index < -0.39 is 11.7 Å². The SMILES string of the molecule is O=C(C1CCN(Cc2ccc(C(F)(F)F)cc2)CC1)N(Cc1ccccc1)c1ccc(N2CCOCC2)c(F)c1. The van der Waals surface area contributed by atoms with E-state index in [2.05, 4.69) is 4.90 Å². The van der Waals surface area contributed by atoms with Gasteiger partial charge in [0.15, 0.2) is 0 Å². The minimum atomic E-state index is -4.35. The summed E-state index contributed by atoms with van der Waals surface area (Å²) in [6.45, 7) is 4.52. The minimum absolute atomic E-state index is 0.0449. The number of amides is 1. The summed E-state index contributed by atoms with van der Waals surface area (Å²) in [4.78, 5) is 19.6. The van der Waals surface area contributed by atoms with Gasteiger partial charge in [-0.2, -0.15) is 13.2 Å². The summed E-state index contributed by atoms with van der Waals surface area (Å²) in [5.74, 6) is -0.636. The highest BCUT2D eigenvalue weighted by atomic mass is 19.4. The van der Waals surface area contributed by atoms with Gasteiger partial charge in [0.25, 0.3) is 0 Å². The highest BCUT2D eigenvalue weighted by Crippen LogP contribution is 2.31. The van der Waals surface area contributed by atoms with Gasteiger partial charge in [-0.15, -0.1) is 0 Å². The van der Waals surface area contributed by atoms with E-state index in [9.17, 15) is 18.0 Å². The van der Waals surface area contributed by atoms with Crippen molar-refractivity contribution in [2.45, 2.75) is 32.1 Å². The Labute approximate surface area is 231 Å². The van der Waals surface area contributed by atoms with Gasteiger partial charge in [0, 0.05) is 31.2 Å². The molecule has 0 bridgehead atoms. The first-order valence-electron chi connectivity index (χ1n) is 13.6. The predicted molar refractivity (Wildman–Crippen MR) is 147 cm³/mol. The van der Waals surface area contributed by atoms with Crippen LogP contribution in [0.25, 0.3) is 0 Å². The summed E-state index contributed by atoms with van der Waals surface area (Å²) in [5.41, 5.74) is 2.13. The molecule has 0 aromatic heterocycles. The predicted octanol–water partition coefficient (Wildman–Crippen LogP) is 6.13. The number of morpholine rings is 1. The number of piperidine rings is 1. The smallest absolute Gasteiger partial charge is 0.378 e. The van der Waals surface area contributed by atoms with Crippen LogP contribution in [0, 0.1) is 11.7 Å². The van der Waals surface area contributed by atoms with E-state index in [1.165, 1.54) is 18.2 Å². The number of nitrogens with zero attached hydrogens (tertiary/aromatic N) is 3. The maximum Gasteiger partial charge on any atom is 0.416 e. The molecule has 3 aromatic carbocycles. The zero-order valence-electron chi connectivity index (χ0n) is 22.2. The Morgan fingerprint density at radius 3 is 2.17 bits per heavy atom. The van der Waals surface area contributed by atoms with Gasteiger partial charge in [0.2, 0.25) is 5.91 Å². The van der Waals surface area contributed by atoms with Crippen molar-refractivity contribution in [3.8, 4) is 0 Å². The molecule has 40 heavy (non-hydrogen) atoms. The standard InChI is InChI=1S/C31H33F4N3O2/c32-28-20-27(10-11-29(28)37-16-18-40-19-17-37)38(22-23-4-2-1-3-5-23)30(39)25-12-14-36(15-13-25)21-24-6-8-26(9-7-24)31(33,34)35/h1-11,20,25H,12-19,21-22H2. The molecule has 3 aromatic rings. The number of carbonyl (C=O) groups is 1. The van der Waals surface area contributed by atoms with Crippen molar-refractivity contribution in [2.24, 2.45) is 5.92 Å². The molecule has 5 nitrogen and oxygen atoms in total. The van der Waals surface area contributed by atoms with Gasteiger partial charge in [-0.3, -0.25) is 9.69 Å². The Balaban J connectivity index is 1.27. The molecule has 5 rings (SSSR count). The van der Waals surface area contributed by atoms with Gasteiger partial charge in [0.1, 0.15) is 5.82 Å². The number of hydrogen-bond donors (Lipinski definition) is 0. The normalized spacial score (nSPS) is 17.1. The summed E-state index contributed by atoms with van der Waals surface area (Å²) in [5, 5.41) is 0. The van der Waals surface area contributed by atoms with Crippen LogP contribution >= 0.6 is 0 Å². The summed E-state index contributed by atoms with van der Waals surface area (Å²) in [6, 6.07) is 19.9. The lowest BCUT2D eigenvalue weighted by Crippen LogP contribution is -2.42. The fraction of sp³-hybridized carbons (Fsp3) is 0.387. The van der Waals surface area contributed by atoms with Gasteiger partial charge >= 0.3 is 6.18 Å². The van der Waals surface area contributed by atoms with Crippen molar-refractivity contribution in [2.75, 3.05) is 49.2 Å². The number of anilines is 2. The maximum absolute atomic E-state index is 15.3. The molecule has 1 amide bonds. The molecule has 0 saturated carbocycles. The molecule has 2 fully saturated rings. The van der Waals surface area contributed by atoms with Crippen molar-refractivity contribution in [1.29, 1.82) is 0 Å². The van der Waals surface area contributed by atoms with Crippen molar-refractivity contribution in [1.82, 2.24) is 4.90 Å². The molecule has 0 unspecified atom stereocenters. The molecule has 0 atom stereocenters. The Morgan fingerprint density at radius 2 is 1.55 bits per heavy atom. The summed E-state index contributed by atoms with van der Waals surface area (Å²) in [6.07, 6.45) is -3.10. The van der Waals surface area contributed by atoms with Crippen LogP contribution in [0.15, 0.2) is 72.8 Å². The van der Waals surface area contributed by atoms with E-state index >= 15 is 4.39 Å². The summed E-state index contributed by atoms with van der Waals surface area (Å²) >= 11 is 0. The molecule has 2 aliphatic heterocycles. The second kappa shape index (κ2) is 12.4. The zero-order chi connectivity index (χ0) is 28.1. The Hall–Kier alpha value is -3.43. The Bertz CT molecular complexity index is 1270. The molecule has 9 heteroatoms. The lowest BCUT2D eigenvalue weighted by Gasteiger charge is -2.35. The van der Waals surface area contributed by atoms with Crippen molar-refractivity contribution < 1.29 is 27.1 Å². The van der Waals surface area contributed by atoms with Crippen LogP contribution in [-0.4, -0.2) is 50.2 Å². The number of rotatable bonds is 7. The number of benzene rings is 3. The van der Waals surface area contributed by atoms with Crippen molar-refractivity contribution >= 4 is 17.3 Å². The second-order valence-electron chi connectivity index (χ2n) is 10.4. The van der Waals surface area contributed by atoms with E-state index in [1.54, 1.807) is 11.0 Å². The molecule has 2 aliphatic rings. The lowest BCUT2D eigenvalue weighted by atomic mass is 9.94. The molecular formula is C31H33F4N3O2. The summed E-state index contributed by atoms with van der Waals surface area (Å²) < 4.78 is 59.3. The number of carbonyl (C=O) groups excluding carboxylic acids is 1. The quantitative estimate of drug-likeness (QED) is 0.329. The second-order valence-corrected chi connectivity index (χ2v) is 10.4. The summed E-state index contributed by atoms with van der Waals surface area (Å²) in [7, 11) is 0. The molecule has 0 N–H and O–H groups in total. The highest BCUT2D eigenvalue weighted by Gasteiger charge is 2.32. The maximum atomic E-state index is 15.3. The van der Waals surface area contributed by atoms with E-state index in [-0.39, 0.29) is 17.6 Å². The zero-order valence-corrected chi connectivity index (χ0v) is 22.2. The van der Waals surface area contributed by atoms with Crippen molar-refractivity contribution in [3.05, 3.63) is 95.3 Å². The van der Waals surface area contributed by atoms with Gasteiger partial charge in [-0.1, -0.05) is 42.5 Å². The fourth-order valence-corrected chi connectivity index (χ4v) is 5.40. The average Bonchev–Trinajstić information content (AvgIpc) is 2.97. The van der Waals surface area contributed by atoms with E-state index in [4.69, 9.17) is 4.74 Å². The number of hydrogen-bond acceptors (Lipinski definition) is 4. The Morgan fingerprint density at radius 1 is 0.875 bits per heavy atom. The number of ether oxygens (including phenoxy) is 1. The van der Waals surface area contributed by atoms with Crippen LogP contribution in [-0.2, 0) is 28.8 Å². The van der Waals surface area contributed by atoms with Crippen molar-refractivity contribution in [3.63, 3.8) is 0 Å². The number of alkyl halides is 3. The van der Waals surface area contributed by atoms with Crippen LogP contribution < -0.4 is 9.80 Å². The van der Waals surface area contributed by atoms with Crippen LogP contribution in [0.2, 0.25) is 0 Å². The fourth-order valence-electron chi connectivity index (χ4n) is 5.40. The topological polar surface area (TPSA) is 36.0 Å². The third-order valence-corrected chi connectivity index (χ3v) is 7.67. The monoisotopic (exact) mass is 555 g/mol. The molecular weight excluding hydrogens is 522 g/mol. The molecule has 0 aliphatic carbocycles. The van der Waals surface area contributed by atoms with E-state index in [0.29, 0.717) is 76.7 Å². The molecule has 0 radical (unpaired) electrons. The first kappa shape index (κ1) is 28.1. The highest BCUT2D eigenvalue weighted by molar-refractivity contribution is 5.95. The van der Waals surface area contributed by atoms with Gasteiger partial charge in [-0.05, 0) is 67.4 Å². The third-order valence-electron chi connectivity index (χ3n) is 7.67. The largest absolute Gasteiger partial charge is 0.416 e. The first-order chi connectivity index (χ1) is 19.3. The van der Waals surface area contributed by atoms with Crippen LogP contribution in [0.5, 0.6) is 0 Å². The van der Waals surface area contributed by atoms with Crippen LogP contribution in [0.4, 0.5) is 28.9 Å². The van der Waals surface area contributed by atoms with E-state index in [1.807, 2.05) is 41.3 Å². The molecule has 2 saturated heterocycles. The average molecular weight is 556 g/mol. The molecule has 212 valence electrons. The van der Waals surface area contributed by atoms with Gasteiger partial charge < -0.3 is 14.5 Å². The minimum Gasteiger partial charge on any atom is -0.378 e. The lowest BCUT2D eigenvalue weighted by molar-refractivity contribution is -0.137. The number of likely N-dealkylation sites (tertiary alicyclic amines) is 1. The van der Waals surface area contributed by atoms with Gasteiger partial charge in [-0.25, -0.2) is 4.39 Å². The molecule has 2 heterocycles.